The SMILES string of the molecule is COc1ccccc1OCCC(=O)OCC(=O)N(Cc1cccs1)c1ccc2c(c1)OCCO2. The number of fused-ring (bicyclic) bond motifs is 1. The summed E-state index contributed by atoms with van der Waals surface area (Å²) in [6.45, 7) is 1.01. The van der Waals surface area contributed by atoms with Crippen LogP contribution in [0.1, 0.15) is 11.3 Å². The quantitative estimate of drug-likeness (QED) is 0.402. The van der Waals surface area contributed by atoms with Crippen molar-refractivity contribution in [3.63, 3.8) is 0 Å². The smallest absolute Gasteiger partial charge is 0.309 e. The first-order chi connectivity index (χ1) is 16.6. The highest BCUT2D eigenvalue weighted by Gasteiger charge is 2.21. The summed E-state index contributed by atoms with van der Waals surface area (Å²) in [7, 11) is 1.55. The molecule has 4 rings (SSSR count). The van der Waals surface area contributed by atoms with E-state index in [-0.39, 0.29) is 25.5 Å². The number of benzene rings is 2. The largest absolute Gasteiger partial charge is 0.493 e. The molecule has 1 aliphatic rings. The van der Waals surface area contributed by atoms with Crippen LogP contribution in [0.25, 0.3) is 0 Å². The van der Waals surface area contributed by atoms with Crippen molar-refractivity contribution in [2.24, 2.45) is 0 Å². The molecule has 0 aliphatic carbocycles. The number of amides is 1. The normalized spacial score (nSPS) is 12.0. The van der Waals surface area contributed by atoms with Crippen LogP contribution < -0.4 is 23.8 Å². The van der Waals surface area contributed by atoms with Crippen molar-refractivity contribution in [3.8, 4) is 23.0 Å². The van der Waals surface area contributed by atoms with Gasteiger partial charge in [0.05, 0.1) is 26.7 Å². The summed E-state index contributed by atoms with van der Waals surface area (Å²) >= 11 is 1.54. The molecule has 3 aromatic rings. The lowest BCUT2D eigenvalue weighted by Gasteiger charge is -2.25. The number of anilines is 1. The summed E-state index contributed by atoms with van der Waals surface area (Å²) in [6.07, 6.45) is 0.000275. The van der Waals surface area contributed by atoms with Gasteiger partial charge in [-0.05, 0) is 35.7 Å². The Balaban J connectivity index is 1.35. The first-order valence-corrected chi connectivity index (χ1v) is 11.7. The number of hydrogen-bond donors (Lipinski definition) is 0. The molecule has 2 heterocycles. The number of rotatable bonds is 10. The lowest BCUT2D eigenvalue weighted by Crippen LogP contribution is -2.34. The average molecular weight is 484 g/mol. The molecule has 0 radical (unpaired) electrons. The van der Waals surface area contributed by atoms with Crippen LogP contribution in [0.4, 0.5) is 5.69 Å². The van der Waals surface area contributed by atoms with Crippen molar-refractivity contribution in [1.82, 2.24) is 0 Å². The molecular weight excluding hydrogens is 458 g/mol. The lowest BCUT2D eigenvalue weighted by atomic mass is 10.2. The number of esters is 1. The van der Waals surface area contributed by atoms with Gasteiger partial charge in [-0.3, -0.25) is 9.59 Å². The number of carbonyl (C=O) groups is 2. The second-order valence-electron chi connectivity index (χ2n) is 7.30. The van der Waals surface area contributed by atoms with Crippen molar-refractivity contribution in [1.29, 1.82) is 0 Å². The van der Waals surface area contributed by atoms with E-state index in [1.54, 1.807) is 53.7 Å². The van der Waals surface area contributed by atoms with Crippen LogP contribution in [-0.4, -0.2) is 45.4 Å². The second-order valence-corrected chi connectivity index (χ2v) is 8.33. The van der Waals surface area contributed by atoms with E-state index in [1.165, 1.54) is 0 Å². The fourth-order valence-electron chi connectivity index (χ4n) is 3.36. The minimum atomic E-state index is -0.526. The monoisotopic (exact) mass is 483 g/mol. The standard InChI is InChI=1S/C25H25NO7S/c1-29-20-6-2-3-7-21(20)30-11-10-25(28)33-17-24(27)26(16-19-5-4-14-34-19)18-8-9-22-23(15-18)32-13-12-31-22/h2-9,14-15H,10-13,16-17H2,1H3. The predicted octanol–water partition coefficient (Wildman–Crippen LogP) is 4.07. The fraction of sp³-hybridized carbons (Fsp3) is 0.280. The van der Waals surface area contributed by atoms with Gasteiger partial charge in [0, 0.05) is 16.6 Å². The van der Waals surface area contributed by atoms with Crippen molar-refractivity contribution >= 4 is 28.9 Å². The molecule has 0 N–H and O–H groups in total. The molecule has 0 saturated carbocycles. The zero-order valence-electron chi connectivity index (χ0n) is 18.7. The molecule has 1 aliphatic heterocycles. The molecule has 1 aromatic heterocycles. The minimum absolute atomic E-state index is 0.000275. The molecule has 1 amide bonds. The van der Waals surface area contributed by atoms with E-state index in [2.05, 4.69) is 0 Å². The van der Waals surface area contributed by atoms with Crippen LogP contribution in [0.3, 0.4) is 0 Å². The predicted molar refractivity (Wildman–Crippen MR) is 127 cm³/mol. The third-order valence-corrected chi connectivity index (χ3v) is 5.88. The highest BCUT2D eigenvalue weighted by Crippen LogP contribution is 2.34. The Morgan fingerprint density at radius 2 is 1.79 bits per heavy atom. The Labute approximate surface area is 201 Å². The van der Waals surface area contributed by atoms with Crippen LogP contribution in [0.5, 0.6) is 23.0 Å². The van der Waals surface area contributed by atoms with E-state index < -0.39 is 5.97 Å². The molecular formula is C25H25NO7S. The van der Waals surface area contributed by atoms with Gasteiger partial charge in [-0.2, -0.15) is 0 Å². The van der Waals surface area contributed by atoms with Crippen molar-refractivity contribution in [3.05, 3.63) is 64.9 Å². The fourth-order valence-corrected chi connectivity index (χ4v) is 4.05. The number of para-hydroxylation sites is 2. The van der Waals surface area contributed by atoms with Crippen LogP contribution in [0.2, 0.25) is 0 Å². The summed E-state index contributed by atoms with van der Waals surface area (Å²) in [4.78, 5) is 27.8. The first kappa shape index (κ1) is 23.4. The number of methoxy groups -OCH3 is 1. The van der Waals surface area contributed by atoms with Gasteiger partial charge in [-0.1, -0.05) is 18.2 Å². The van der Waals surface area contributed by atoms with E-state index in [4.69, 9.17) is 23.7 Å². The van der Waals surface area contributed by atoms with E-state index >= 15 is 0 Å². The number of thiophene rings is 1. The summed E-state index contributed by atoms with van der Waals surface area (Å²) < 4.78 is 27.3. The molecule has 0 fully saturated rings. The van der Waals surface area contributed by atoms with E-state index in [1.807, 2.05) is 29.6 Å². The molecule has 0 bridgehead atoms. The molecule has 9 heteroatoms. The van der Waals surface area contributed by atoms with Gasteiger partial charge in [0.1, 0.15) is 13.2 Å². The zero-order chi connectivity index (χ0) is 23.8. The van der Waals surface area contributed by atoms with Gasteiger partial charge >= 0.3 is 5.97 Å². The maximum Gasteiger partial charge on any atom is 0.309 e. The molecule has 0 unspecified atom stereocenters. The van der Waals surface area contributed by atoms with Gasteiger partial charge in [0.25, 0.3) is 5.91 Å². The first-order valence-electron chi connectivity index (χ1n) is 10.8. The van der Waals surface area contributed by atoms with Crippen molar-refractivity contribution < 1.29 is 33.3 Å². The van der Waals surface area contributed by atoms with Gasteiger partial charge in [-0.15, -0.1) is 11.3 Å². The second kappa shape index (κ2) is 11.4. The van der Waals surface area contributed by atoms with Crippen molar-refractivity contribution in [2.45, 2.75) is 13.0 Å². The average Bonchev–Trinajstić information content (AvgIpc) is 3.39. The van der Waals surface area contributed by atoms with Crippen LogP contribution in [0, 0.1) is 0 Å². The Kier molecular flexibility index (Phi) is 7.87. The number of nitrogens with zero attached hydrogens (tertiary/aromatic N) is 1. The number of hydrogen-bond acceptors (Lipinski definition) is 8. The Morgan fingerprint density at radius 1 is 1.00 bits per heavy atom. The molecule has 2 aromatic carbocycles. The van der Waals surface area contributed by atoms with Gasteiger partial charge in [0.2, 0.25) is 0 Å². The zero-order valence-corrected chi connectivity index (χ0v) is 19.5. The minimum Gasteiger partial charge on any atom is -0.493 e. The van der Waals surface area contributed by atoms with Crippen LogP contribution in [-0.2, 0) is 20.9 Å². The lowest BCUT2D eigenvalue weighted by molar-refractivity contribution is -0.148. The van der Waals surface area contributed by atoms with Crippen LogP contribution >= 0.6 is 11.3 Å². The Bertz CT molecular complexity index is 1120. The summed E-state index contributed by atoms with van der Waals surface area (Å²) in [5.41, 5.74) is 0.637. The maximum atomic E-state index is 13.1. The van der Waals surface area contributed by atoms with E-state index in [9.17, 15) is 9.59 Å². The summed E-state index contributed by atoms with van der Waals surface area (Å²) in [5, 5.41) is 1.95. The Hall–Kier alpha value is -3.72. The van der Waals surface area contributed by atoms with Crippen LogP contribution in [0.15, 0.2) is 60.0 Å². The Morgan fingerprint density at radius 3 is 2.56 bits per heavy atom. The van der Waals surface area contributed by atoms with Gasteiger partial charge in [-0.25, -0.2) is 0 Å². The highest BCUT2D eigenvalue weighted by atomic mass is 32.1. The third kappa shape index (κ3) is 5.99. The van der Waals surface area contributed by atoms with Crippen molar-refractivity contribution in [2.75, 3.05) is 38.4 Å². The molecule has 34 heavy (non-hydrogen) atoms. The maximum absolute atomic E-state index is 13.1. The van der Waals surface area contributed by atoms with E-state index in [0.717, 1.165) is 4.88 Å². The molecule has 0 spiro atoms. The summed E-state index contributed by atoms with van der Waals surface area (Å²) in [5.74, 6) is 1.47. The highest BCUT2D eigenvalue weighted by molar-refractivity contribution is 7.09. The molecule has 0 atom stereocenters. The van der Waals surface area contributed by atoms with E-state index in [0.29, 0.717) is 48.4 Å². The van der Waals surface area contributed by atoms with Gasteiger partial charge < -0.3 is 28.6 Å². The summed E-state index contributed by atoms with van der Waals surface area (Å²) in [6, 6.07) is 16.4. The van der Waals surface area contributed by atoms with Gasteiger partial charge in [0.15, 0.2) is 29.6 Å². The molecule has 8 nitrogen and oxygen atoms in total. The third-order valence-electron chi connectivity index (χ3n) is 5.02. The molecule has 178 valence electrons. The molecule has 0 saturated heterocycles. The number of carbonyl (C=O) groups excluding carboxylic acids is 2. The topological polar surface area (TPSA) is 83.5 Å². The number of ether oxygens (including phenoxy) is 5.